The van der Waals surface area contributed by atoms with Crippen molar-refractivity contribution in [3.8, 4) is 0 Å². The zero-order valence-corrected chi connectivity index (χ0v) is 5.97. The van der Waals surface area contributed by atoms with E-state index in [9.17, 15) is 13.6 Å². The summed E-state index contributed by atoms with van der Waals surface area (Å²) in [5.74, 6) is 0. The third-order valence-corrected chi connectivity index (χ3v) is 1.36. The third-order valence-electron chi connectivity index (χ3n) is 1.36. The maximum Gasteiger partial charge on any atom is 0.278 e. The van der Waals surface area contributed by atoms with Crippen molar-refractivity contribution < 1.29 is 8.78 Å². The van der Waals surface area contributed by atoms with E-state index >= 15 is 0 Å². The van der Waals surface area contributed by atoms with Crippen molar-refractivity contribution in [3.63, 3.8) is 0 Å². The number of rotatable bonds is 1. The Bertz CT molecular complexity index is 347. The topological polar surface area (TPSA) is 84.9 Å². The van der Waals surface area contributed by atoms with Crippen LogP contribution < -0.4 is 17.0 Å². The van der Waals surface area contributed by atoms with Crippen LogP contribution in [0.3, 0.4) is 0 Å². The summed E-state index contributed by atoms with van der Waals surface area (Å²) < 4.78 is 24.0. The summed E-state index contributed by atoms with van der Waals surface area (Å²) in [4.78, 5) is 12.7. The largest absolute Gasteiger partial charge is 0.397 e. The molecule has 0 aliphatic heterocycles. The number of nitrogen functional groups attached to an aromatic ring is 2. The summed E-state index contributed by atoms with van der Waals surface area (Å²) in [5, 5.41) is 0. The molecule has 66 valence electrons. The summed E-state index contributed by atoms with van der Waals surface area (Å²) >= 11 is 0. The maximum absolute atomic E-state index is 12.0. The summed E-state index contributed by atoms with van der Waals surface area (Å²) in [6.07, 6.45) is -2.75. The van der Waals surface area contributed by atoms with Gasteiger partial charge in [0.15, 0.2) is 0 Å². The molecule has 0 spiro atoms. The fraction of sp³-hybridized carbons (Fsp3) is 0.167. The number of hydrogen-bond acceptors (Lipinski definition) is 3. The van der Waals surface area contributed by atoms with E-state index in [2.05, 4.69) is 0 Å². The van der Waals surface area contributed by atoms with Crippen LogP contribution in [-0.2, 0) is 0 Å². The van der Waals surface area contributed by atoms with Crippen LogP contribution in [-0.4, -0.2) is 4.98 Å². The zero-order valence-electron chi connectivity index (χ0n) is 5.97. The summed E-state index contributed by atoms with van der Waals surface area (Å²) in [7, 11) is 0. The fourth-order valence-corrected chi connectivity index (χ4v) is 0.728. The number of pyridine rings is 1. The molecule has 1 aromatic rings. The highest BCUT2D eigenvalue weighted by molar-refractivity contribution is 5.61. The molecule has 4 nitrogen and oxygen atoms in total. The molecule has 0 aromatic carbocycles. The van der Waals surface area contributed by atoms with Gasteiger partial charge in [-0.1, -0.05) is 0 Å². The van der Waals surface area contributed by atoms with Crippen LogP contribution in [0.15, 0.2) is 10.9 Å². The lowest BCUT2D eigenvalue weighted by Crippen LogP contribution is -2.16. The number of alkyl halides is 2. The summed E-state index contributed by atoms with van der Waals surface area (Å²) in [6.45, 7) is 0. The van der Waals surface area contributed by atoms with E-state index in [1.54, 1.807) is 0 Å². The van der Waals surface area contributed by atoms with Crippen molar-refractivity contribution in [3.05, 3.63) is 22.1 Å². The zero-order chi connectivity index (χ0) is 9.30. The number of nitrogens with one attached hydrogen (secondary N) is 1. The van der Waals surface area contributed by atoms with Crippen molar-refractivity contribution in [2.24, 2.45) is 0 Å². The Morgan fingerprint density at radius 3 is 2.42 bits per heavy atom. The smallest absolute Gasteiger partial charge is 0.278 e. The second-order valence-electron chi connectivity index (χ2n) is 2.22. The van der Waals surface area contributed by atoms with Gasteiger partial charge in [0.25, 0.3) is 12.0 Å². The number of halogens is 2. The average molecular weight is 175 g/mol. The molecule has 1 aromatic heterocycles. The van der Waals surface area contributed by atoms with Crippen molar-refractivity contribution in [2.45, 2.75) is 6.43 Å². The van der Waals surface area contributed by atoms with Gasteiger partial charge >= 0.3 is 0 Å². The predicted molar refractivity (Wildman–Crippen MR) is 40.8 cm³/mol. The minimum atomic E-state index is -2.75. The van der Waals surface area contributed by atoms with Gasteiger partial charge in [0, 0.05) is 0 Å². The van der Waals surface area contributed by atoms with Gasteiger partial charge in [-0.2, -0.15) is 0 Å². The Hall–Kier alpha value is -1.59. The number of nitrogens with two attached hydrogens (primary N) is 2. The Kier molecular flexibility index (Phi) is 1.99. The van der Waals surface area contributed by atoms with Crippen LogP contribution in [0, 0.1) is 0 Å². The second kappa shape index (κ2) is 2.80. The minimum Gasteiger partial charge on any atom is -0.397 e. The maximum atomic E-state index is 12.0. The number of aromatic amines is 1. The van der Waals surface area contributed by atoms with E-state index in [4.69, 9.17) is 11.5 Å². The van der Waals surface area contributed by atoms with E-state index < -0.39 is 17.7 Å². The molecule has 0 saturated heterocycles. The lowest BCUT2D eigenvalue weighted by molar-refractivity contribution is 0.146. The molecule has 12 heavy (non-hydrogen) atoms. The van der Waals surface area contributed by atoms with Gasteiger partial charge in [-0.15, -0.1) is 0 Å². The van der Waals surface area contributed by atoms with Gasteiger partial charge in [0.2, 0.25) is 0 Å². The molecule has 0 aliphatic carbocycles. The minimum absolute atomic E-state index is 0.131. The van der Waals surface area contributed by atoms with Gasteiger partial charge in [-0.05, 0) is 6.07 Å². The van der Waals surface area contributed by atoms with E-state index in [1.807, 2.05) is 4.98 Å². The van der Waals surface area contributed by atoms with Crippen LogP contribution in [0.25, 0.3) is 0 Å². The molecule has 0 saturated carbocycles. The van der Waals surface area contributed by atoms with Crippen LogP contribution in [0.1, 0.15) is 12.1 Å². The third kappa shape index (κ3) is 1.36. The highest BCUT2D eigenvalue weighted by Crippen LogP contribution is 2.18. The van der Waals surface area contributed by atoms with Gasteiger partial charge in [-0.3, -0.25) is 4.79 Å². The van der Waals surface area contributed by atoms with E-state index in [-0.39, 0.29) is 11.4 Å². The SMILES string of the molecule is Nc1cc(C(F)F)[nH]c(=O)c1N. The Balaban J connectivity index is 3.31. The van der Waals surface area contributed by atoms with Crippen LogP contribution in [0.5, 0.6) is 0 Å². The van der Waals surface area contributed by atoms with Crippen molar-refractivity contribution in [2.75, 3.05) is 11.5 Å². The molecule has 1 heterocycles. The first kappa shape index (κ1) is 8.51. The molecule has 0 radical (unpaired) electrons. The Morgan fingerprint density at radius 1 is 1.42 bits per heavy atom. The standard InChI is InChI=1S/C6H7F2N3O/c7-5(8)3-1-2(9)4(10)6(12)11-3/h1,5H,10H2,(H3,9,11,12). The number of aromatic nitrogens is 1. The highest BCUT2D eigenvalue weighted by atomic mass is 19.3. The van der Waals surface area contributed by atoms with Crippen LogP contribution in [0.2, 0.25) is 0 Å². The fourth-order valence-electron chi connectivity index (χ4n) is 0.728. The monoisotopic (exact) mass is 175 g/mol. The van der Waals surface area contributed by atoms with Crippen molar-refractivity contribution in [1.82, 2.24) is 4.98 Å². The lowest BCUT2D eigenvalue weighted by Gasteiger charge is -2.02. The first-order valence-corrected chi connectivity index (χ1v) is 3.08. The number of hydrogen-bond donors (Lipinski definition) is 3. The summed E-state index contributed by atoms with van der Waals surface area (Å²) in [6, 6.07) is 0.946. The molecular formula is C6H7F2N3O. The molecule has 0 unspecified atom stereocenters. The average Bonchev–Trinajstić information content (AvgIpc) is 1.99. The Morgan fingerprint density at radius 2 is 2.00 bits per heavy atom. The molecule has 0 aliphatic rings. The first-order chi connectivity index (χ1) is 5.52. The molecule has 0 atom stereocenters. The quantitative estimate of drug-likeness (QED) is 0.580. The highest BCUT2D eigenvalue weighted by Gasteiger charge is 2.10. The van der Waals surface area contributed by atoms with Gasteiger partial charge in [-0.25, -0.2) is 8.78 Å². The molecular weight excluding hydrogens is 168 g/mol. The lowest BCUT2D eigenvalue weighted by atomic mass is 10.3. The van der Waals surface area contributed by atoms with Crippen LogP contribution >= 0.6 is 0 Å². The molecule has 0 fully saturated rings. The van der Waals surface area contributed by atoms with E-state index in [0.29, 0.717) is 0 Å². The van der Waals surface area contributed by atoms with Gasteiger partial charge in [0.05, 0.1) is 11.4 Å². The molecule has 6 heteroatoms. The predicted octanol–water partition coefficient (Wildman–Crippen LogP) is 0.477. The second-order valence-corrected chi connectivity index (χ2v) is 2.22. The summed E-state index contributed by atoms with van der Waals surface area (Å²) in [5.41, 5.74) is 8.64. The molecule has 1 rings (SSSR count). The van der Waals surface area contributed by atoms with Gasteiger partial charge < -0.3 is 16.5 Å². The van der Waals surface area contributed by atoms with Crippen molar-refractivity contribution >= 4 is 11.4 Å². The molecule has 0 amide bonds. The molecule has 0 bridgehead atoms. The van der Waals surface area contributed by atoms with Gasteiger partial charge in [0.1, 0.15) is 5.69 Å². The first-order valence-electron chi connectivity index (χ1n) is 3.08. The van der Waals surface area contributed by atoms with Crippen molar-refractivity contribution in [1.29, 1.82) is 0 Å². The number of H-pyrrole nitrogens is 1. The number of anilines is 2. The van der Waals surface area contributed by atoms with E-state index in [0.717, 1.165) is 6.07 Å². The van der Waals surface area contributed by atoms with E-state index in [1.165, 1.54) is 0 Å². The normalized spacial score (nSPS) is 10.6. The molecule has 5 N–H and O–H groups in total. The van der Waals surface area contributed by atoms with Crippen LogP contribution in [0.4, 0.5) is 20.2 Å². The Labute approximate surface area is 66.2 Å².